The zero-order valence-electron chi connectivity index (χ0n) is 39.5. The highest BCUT2D eigenvalue weighted by Gasteiger charge is 2.28. The summed E-state index contributed by atoms with van der Waals surface area (Å²) in [6.07, 6.45) is 17.8. The number of aromatic nitrogens is 7. The Kier molecular flexibility index (Phi) is 22.8. The monoisotopic (exact) mass is 1030 g/mol. The molecule has 3 aromatic heterocycles. The zero-order chi connectivity index (χ0) is 53.8. The highest BCUT2D eigenvalue weighted by atomic mass is 17.2. The predicted octanol–water partition coefficient (Wildman–Crippen LogP) is 6.41. The van der Waals surface area contributed by atoms with Crippen molar-refractivity contribution in [2.75, 3.05) is 43.1 Å². The molecule has 2 fully saturated rings. The summed E-state index contributed by atoms with van der Waals surface area (Å²) in [5.41, 5.74) is 4.45. The molecule has 1 saturated heterocycles. The Hall–Kier alpha value is -12.3. The summed E-state index contributed by atoms with van der Waals surface area (Å²) >= 11 is 0. The second-order valence-corrected chi connectivity index (χ2v) is 13.9. The van der Waals surface area contributed by atoms with Gasteiger partial charge >= 0.3 is 0 Å². The molecule has 0 unspecified atom stereocenters. The maximum absolute atomic E-state index is 13.5. The number of pyridine rings is 1. The molecular formula is C52H56N18O6. The smallest absolute Gasteiger partial charge is 0.274 e. The van der Waals surface area contributed by atoms with Gasteiger partial charge in [0, 0.05) is 100 Å². The van der Waals surface area contributed by atoms with Gasteiger partial charge in [-0.2, -0.15) is 0 Å². The van der Waals surface area contributed by atoms with Crippen LogP contribution in [-0.4, -0.2) is 83.8 Å². The molecule has 1 amide bonds. The van der Waals surface area contributed by atoms with Gasteiger partial charge in [0.1, 0.15) is 17.5 Å². The second-order valence-electron chi connectivity index (χ2n) is 13.9. The third-order valence-electron chi connectivity index (χ3n) is 9.06. The van der Waals surface area contributed by atoms with E-state index in [-0.39, 0.29) is 29.1 Å². The number of nitrogens with two attached hydrogens (primary N) is 1. The molecule has 0 bridgehead atoms. The first kappa shape index (κ1) is 54.7. The van der Waals surface area contributed by atoms with Crippen LogP contribution in [0, 0.1) is 160 Å². The summed E-state index contributed by atoms with van der Waals surface area (Å²) in [5, 5.41) is 51.1. The number of hydrogen-bond donors (Lipinski definition) is 3. The average Bonchev–Trinajstić information content (AvgIpc) is 1.72. The first-order valence-corrected chi connectivity index (χ1v) is 21.4. The van der Waals surface area contributed by atoms with Crippen LogP contribution in [0.4, 0.5) is 11.4 Å². The van der Waals surface area contributed by atoms with Crippen LogP contribution in [0.5, 0.6) is 5.75 Å². The second kappa shape index (κ2) is 31.8. The molecule has 1 aliphatic carbocycles. The average molecular weight is 1030 g/mol. The first-order valence-electron chi connectivity index (χ1n) is 21.4. The molecule has 0 radical (unpaired) electrons. The number of imidazole rings is 1. The lowest BCUT2D eigenvalue weighted by Crippen LogP contribution is -2.37. The van der Waals surface area contributed by atoms with Gasteiger partial charge in [-0.3, -0.25) is 10.1 Å². The van der Waals surface area contributed by atoms with Crippen molar-refractivity contribution in [3.05, 3.63) is 59.6 Å². The zero-order valence-corrected chi connectivity index (χ0v) is 39.5. The van der Waals surface area contributed by atoms with Crippen molar-refractivity contribution in [1.29, 1.82) is 0 Å². The van der Waals surface area contributed by atoms with Gasteiger partial charge in [0.2, 0.25) is 10.4 Å². The Labute approximate surface area is 452 Å². The van der Waals surface area contributed by atoms with Crippen molar-refractivity contribution >= 4 is 17.3 Å². The van der Waals surface area contributed by atoms with Crippen molar-refractivity contribution in [3.8, 4) is 178 Å². The first-order chi connectivity index (χ1) is 37.4. The number of nitrogens with one attached hydrogen (secondary N) is 1. The molecular weight excluding hydrogens is 973 g/mol. The maximum Gasteiger partial charge on any atom is 0.274 e. The molecule has 1 atom stereocenters. The van der Waals surface area contributed by atoms with E-state index in [0.29, 0.717) is 48.7 Å². The van der Waals surface area contributed by atoms with E-state index in [4.69, 9.17) is 27.6 Å². The van der Waals surface area contributed by atoms with Crippen molar-refractivity contribution in [3.63, 3.8) is 0 Å². The molecule has 1 saturated carbocycles. The normalized spacial score (nSPS) is 12.8. The van der Waals surface area contributed by atoms with Crippen LogP contribution >= 0.6 is 0 Å². The van der Waals surface area contributed by atoms with E-state index in [1.54, 1.807) is 10.9 Å². The van der Waals surface area contributed by atoms with Gasteiger partial charge in [0.25, 0.3) is 5.91 Å². The van der Waals surface area contributed by atoms with E-state index < -0.39 is 5.02 Å². The fourth-order valence-corrected chi connectivity index (χ4v) is 5.81. The fraction of sp³-hybridized carbons (Fsp3) is 0.192. The van der Waals surface area contributed by atoms with Crippen LogP contribution in [0.3, 0.4) is 0 Å². The van der Waals surface area contributed by atoms with Crippen molar-refractivity contribution in [1.82, 2.24) is 34.7 Å². The quantitative estimate of drug-likeness (QED) is 0.0537. The van der Waals surface area contributed by atoms with Crippen LogP contribution < -0.4 is 20.8 Å². The van der Waals surface area contributed by atoms with E-state index in [0.717, 1.165) is 35.7 Å². The lowest BCUT2D eigenvalue weighted by molar-refractivity contribution is -0.873. The van der Waals surface area contributed by atoms with Crippen molar-refractivity contribution in [2.24, 2.45) is 42.4 Å². The highest BCUT2D eigenvalue weighted by molar-refractivity contribution is 6.05. The van der Waals surface area contributed by atoms with Gasteiger partial charge in [0.05, 0.1) is 65.1 Å². The van der Waals surface area contributed by atoms with Gasteiger partial charge in [-0.15, -0.1) is 17.9 Å². The number of rotatable bonds is 9. The van der Waals surface area contributed by atoms with Crippen LogP contribution in [0.15, 0.2) is 79.5 Å². The number of nitrogens with zero attached hydrogens (tertiary/aromatic N) is 16. The summed E-state index contributed by atoms with van der Waals surface area (Å²) in [5.74, 6) is 64.0. The van der Waals surface area contributed by atoms with Gasteiger partial charge < -0.3 is 40.3 Å². The fourth-order valence-electron chi connectivity index (χ4n) is 5.81. The molecule has 76 heavy (non-hydrogen) atoms. The Bertz CT molecular complexity index is 3700. The number of anilines is 2. The third-order valence-corrected chi connectivity index (χ3v) is 9.06. The lowest BCUT2D eigenvalue weighted by atomic mass is 10.1. The maximum atomic E-state index is 13.5. The number of carbonyl (C=O) groups excluding carboxylic acids is 1. The summed E-state index contributed by atoms with van der Waals surface area (Å²) in [4.78, 5) is 27.9. The Morgan fingerprint density at radius 1 is 0.829 bits per heavy atom. The number of amides is 1. The van der Waals surface area contributed by atoms with E-state index in [9.17, 15) is 10.0 Å². The molecule has 5 heterocycles. The lowest BCUT2D eigenvalue weighted by Gasteiger charge is -2.30. The van der Waals surface area contributed by atoms with Crippen LogP contribution in [0.1, 0.15) is 65.0 Å². The summed E-state index contributed by atoms with van der Waals surface area (Å²) < 4.78 is 15.4. The van der Waals surface area contributed by atoms with Crippen LogP contribution in [-0.2, 0) is 9.73 Å². The number of benzene rings is 1. The third kappa shape index (κ3) is 18.6. The predicted molar refractivity (Wildman–Crippen MR) is 295 cm³/mol. The number of para-hydroxylation sites is 1. The number of tetrazole rings is 1. The minimum Gasteiger partial charge on any atom is -0.488 e. The van der Waals surface area contributed by atoms with Gasteiger partial charge in [0.15, 0.2) is 11.6 Å². The standard InChI is InChI=1S/C26H27N9O3.C26H2.H3N9O3.12H2/c1-16-14-38-24-18(25-30-31-32-35(16)25)3-2-4-19(24)29-26(36)20-11-22(34-13-21(28-15-34)17-5-6-17)23(12-27-20)33-7-9-37-10-8-33;1-3-5-7-9-11-13-15-17-19-21-23-25-26-24-22-20-18-16-14-12-10-8-6-4-2;1-2-3-4-5-6-7-8-9(10)12-11;;;;;;;;;;;;/h2-4,11-13,15-17H,5-10,14H2,1H3,(H,29,36);1-2H;11H,(H2,1,3,5,7);12*1H/t16-;;;;;;;;;;;;;;/m1............../s1. The van der Waals surface area contributed by atoms with Crippen molar-refractivity contribution < 1.29 is 46.7 Å². The largest absolute Gasteiger partial charge is 0.488 e. The molecule has 390 valence electrons. The Balaban J connectivity index is -0.000000190. The molecule has 7 rings (SSSR count). The van der Waals surface area contributed by atoms with E-state index >= 15 is 0 Å². The number of fused-ring (bicyclic) bond motifs is 3. The summed E-state index contributed by atoms with van der Waals surface area (Å²) in [7, 11) is 0. The molecule has 4 aromatic rings. The van der Waals surface area contributed by atoms with Gasteiger partial charge in [-0.25, -0.2) is 14.6 Å². The number of morpholine rings is 1. The highest BCUT2D eigenvalue weighted by Crippen LogP contribution is 2.40. The Morgan fingerprint density at radius 2 is 1.39 bits per heavy atom. The molecule has 24 nitrogen and oxygen atoms in total. The molecule has 0 spiro atoms. The van der Waals surface area contributed by atoms with E-state index in [2.05, 4.69) is 231 Å². The number of terminal acetylenes is 2. The van der Waals surface area contributed by atoms with E-state index in [1.807, 2.05) is 42.1 Å². The summed E-state index contributed by atoms with van der Waals surface area (Å²) in [6, 6.07) is 7.31. The molecule has 24 heteroatoms. The SMILES string of the molecule is C#CC#CC#CC#CC#CC#CC#CC#CC#CC#CC#CC#CC#C.C[C@@H]1COc2c(NC(=O)c3cc(-n4cnc(C5CC5)c4)c(N4CCOCC4)cn3)cccc2-c2nnnn21.NN=NN=NN=NN=[N+]([O-])OO.[HH].[HH].[HH].[HH].[HH].[HH].[HH].[HH].[HH].[HH].[HH].[HH]. The molecule has 4 N–H and O–H groups in total. The van der Waals surface area contributed by atoms with Gasteiger partial charge in [-0.05, 0) is 148 Å². The summed E-state index contributed by atoms with van der Waals surface area (Å²) in [6.45, 7) is 5.18. The minimum absolute atomic E-state index is 0. The van der Waals surface area contributed by atoms with Crippen LogP contribution in [0.2, 0.25) is 0 Å². The topological polar surface area (TPSA) is 293 Å². The number of ether oxygens (including phenoxy) is 2. The van der Waals surface area contributed by atoms with Gasteiger partial charge in [-0.1, -0.05) is 11.3 Å². The minimum atomic E-state index is -0.622. The number of hydrogen-bond acceptors (Lipinski definition) is 13. The molecule has 1 aromatic carbocycles. The molecule has 3 aliphatic rings. The number of carbonyl (C=O) groups is 1. The van der Waals surface area contributed by atoms with Crippen LogP contribution in [0.25, 0.3) is 17.1 Å². The molecule has 2 aliphatic heterocycles. The van der Waals surface area contributed by atoms with E-state index in [1.165, 1.54) is 12.8 Å². The van der Waals surface area contributed by atoms with Crippen molar-refractivity contribution in [2.45, 2.75) is 31.7 Å². The Morgan fingerprint density at radius 3 is 1.95 bits per heavy atom.